The molecule has 7 heteroatoms. The molecule has 3 aromatic rings. The third-order valence-electron chi connectivity index (χ3n) is 4.14. The van der Waals surface area contributed by atoms with Crippen molar-refractivity contribution in [3.05, 3.63) is 63.4 Å². The van der Waals surface area contributed by atoms with Crippen LogP contribution in [0.5, 0.6) is 5.75 Å². The number of hydrogen-bond donors (Lipinski definition) is 1. The fraction of sp³-hybridized carbons (Fsp3) is 0.250. The predicted molar refractivity (Wildman–Crippen MR) is 103 cm³/mol. The molecule has 0 aliphatic rings. The fourth-order valence-corrected chi connectivity index (χ4v) is 3.50. The lowest BCUT2D eigenvalue weighted by Gasteiger charge is -2.08. The van der Waals surface area contributed by atoms with E-state index in [1.807, 2.05) is 26.8 Å². The number of rotatable bonds is 6. The molecule has 0 unspecified atom stereocenters. The summed E-state index contributed by atoms with van der Waals surface area (Å²) in [5.74, 6) is 1.01. The lowest BCUT2D eigenvalue weighted by molar-refractivity contribution is 0.102. The summed E-state index contributed by atoms with van der Waals surface area (Å²) in [7, 11) is 0. The minimum Gasteiger partial charge on any atom is -0.489 e. The molecule has 1 amide bonds. The molecule has 0 radical (unpaired) electrons. The van der Waals surface area contributed by atoms with Crippen molar-refractivity contribution in [1.82, 2.24) is 5.16 Å². The van der Waals surface area contributed by atoms with Crippen molar-refractivity contribution in [2.45, 2.75) is 33.8 Å². The van der Waals surface area contributed by atoms with Crippen molar-refractivity contribution in [3.63, 3.8) is 0 Å². The number of nitriles is 1. The molecule has 2 aromatic heterocycles. The Balaban J connectivity index is 1.72. The largest absolute Gasteiger partial charge is 0.489 e. The van der Waals surface area contributed by atoms with E-state index >= 15 is 0 Å². The third-order valence-corrected chi connectivity index (χ3v) is 5.33. The first-order valence-electron chi connectivity index (χ1n) is 8.50. The number of nitrogens with one attached hydrogen (secondary N) is 1. The molecule has 1 N–H and O–H groups in total. The second kappa shape index (κ2) is 8.06. The normalized spacial score (nSPS) is 10.4. The molecule has 1 aromatic carbocycles. The van der Waals surface area contributed by atoms with Crippen molar-refractivity contribution < 1.29 is 14.1 Å². The minimum atomic E-state index is -0.279. The molecule has 0 bridgehead atoms. The Labute approximate surface area is 161 Å². The molecule has 2 heterocycles. The highest BCUT2D eigenvalue weighted by Gasteiger charge is 2.14. The SMILES string of the molecule is CCc1cc(C#N)c(NC(=O)c2cccc(OCc3c(C)noc3C)c2)s1. The van der Waals surface area contributed by atoms with Crippen molar-refractivity contribution in [2.24, 2.45) is 0 Å². The van der Waals surface area contributed by atoms with Crippen LogP contribution in [0, 0.1) is 25.2 Å². The Hall–Kier alpha value is -3.11. The number of benzene rings is 1. The lowest BCUT2D eigenvalue weighted by atomic mass is 10.2. The molecule has 0 saturated heterocycles. The first-order chi connectivity index (χ1) is 13.0. The van der Waals surface area contributed by atoms with Gasteiger partial charge in [0.2, 0.25) is 0 Å². The van der Waals surface area contributed by atoms with Crippen LogP contribution in [0.4, 0.5) is 5.00 Å². The summed E-state index contributed by atoms with van der Waals surface area (Å²) < 4.78 is 10.9. The average Bonchev–Trinajstić information content (AvgIpc) is 3.22. The third kappa shape index (κ3) is 4.18. The number of thiophene rings is 1. The summed E-state index contributed by atoms with van der Waals surface area (Å²) in [6.45, 7) is 6.02. The van der Waals surface area contributed by atoms with Gasteiger partial charge in [-0.05, 0) is 44.5 Å². The highest BCUT2D eigenvalue weighted by molar-refractivity contribution is 7.16. The quantitative estimate of drug-likeness (QED) is 0.673. The van der Waals surface area contributed by atoms with E-state index in [1.165, 1.54) is 11.3 Å². The fourth-order valence-electron chi connectivity index (χ4n) is 2.56. The van der Waals surface area contributed by atoms with Gasteiger partial charge in [-0.25, -0.2) is 0 Å². The number of nitrogens with zero attached hydrogens (tertiary/aromatic N) is 2. The van der Waals surface area contributed by atoms with E-state index in [9.17, 15) is 10.1 Å². The van der Waals surface area contributed by atoms with Gasteiger partial charge in [-0.2, -0.15) is 5.26 Å². The van der Waals surface area contributed by atoms with Gasteiger partial charge in [-0.1, -0.05) is 18.1 Å². The van der Waals surface area contributed by atoms with Crippen LogP contribution in [0.15, 0.2) is 34.9 Å². The number of ether oxygens (including phenoxy) is 1. The summed E-state index contributed by atoms with van der Waals surface area (Å²) in [5.41, 5.74) is 2.63. The maximum Gasteiger partial charge on any atom is 0.256 e. The number of amides is 1. The Morgan fingerprint density at radius 1 is 1.37 bits per heavy atom. The number of aromatic nitrogens is 1. The number of carbonyl (C=O) groups is 1. The molecule has 0 fully saturated rings. The first kappa shape index (κ1) is 18.7. The van der Waals surface area contributed by atoms with Gasteiger partial charge in [0, 0.05) is 10.4 Å². The standard InChI is InChI=1S/C20H19N3O3S/c1-4-17-9-15(10-21)20(27-17)22-19(24)14-6-5-7-16(8-14)25-11-18-12(2)23-26-13(18)3/h5-9H,4,11H2,1-3H3,(H,22,24). The van der Waals surface area contributed by atoms with Crippen LogP contribution in [0.3, 0.4) is 0 Å². The lowest BCUT2D eigenvalue weighted by Crippen LogP contribution is -2.11. The van der Waals surface area contributed by atoms with Crippen molar-refractivity contribution in [1.29, 1.82) is 5.26 Å². The maximum absolute atomic E-state index is 12.6. The Morgan fingerprint density at radius 2 is 2.19 bits per heavy atom. The molecule has 0 spiro atoms. The first-order valence-corrected chi connectivity index (χ1v) is 9.32. The monoisotopic (exact) mass is 381 g/mol. The van der Waals surface area contributed by atoms with Crippen LogP contribution >= 0.6 is 11.3 Å². The van der Waals surface area contributed by atoms with Crippen LogP contribution in [-0.4, -0.2) is 11.1 Å². The zero-order chi connectivity index (χ0) is 19.4. The van der Waals surface area contributed by atoms with E-state index in [-0.39, 0.29) is 5.91 Å². The van der Waals surface area contributed by atoms with Crippen LogP contribution in [0.1, 0.15) is 44.7 Å². The second-order valence-corrected chi connectivity index (χ2v) is 7.13. The van der Waals surface area contributed by atoms with Crippen molar-refractivity contribution in [3.8, 4) is 11.8 Å². The van der Waals surface area contributed by atoms with Crippen LogP contribution in [0.2, 0.25) is 0 Å². The predicted octanol–water partition coefficient (Wildman–Crippen LogP) is 4.62. The molecule has 0 aliphatic carbocycles. The van der Waals surface area contributed by atoms with Gasteiger partial charge < -0.3 is 14.6 Å². The molecule has 138 valence electrons. The Kier molecular flexibility index (Phi) is 5.57. The number of carbonyl (C=O) groups excluding carboxylic acids is 1. The molecule has 27 heavy (non-hydrogen) atoms. The van der Waals surface area contributed by atoms with Gasteiger partial charge in [0.15, 0.2) is 0 Å². The summed E-state index contributed by atoms with van der Waals surface area (Å²) in [6, 6.07) is 10.9. The number of anilines is 1. The van der Waals surface area contributed by atoms with E-state index < -0.39 is 0 Å². The highest BCUT2D eigenvalue weighted by atomic mass is 32.1. The molecule has 0 atom stereocenters. The second-order valence-electron chi connectivity index (χ2n) is 5.99. The summed E-state index contributed by atoms with van der Waals surface area (Å²) in [4.78, 5) is 13.6. The highest BCUT2D eigenvalue weighted by Crippen LogP contribution is 2.28. The zero-order valence-electron chi connectivity index (χ0n) is 15.3. The molecule has 0 saturated carbocycles. The van der Waals surface area contributed by atoms with Crippen LogP contribution in [0.25, 0.3) is 0 Å². The van der Waals surface area contributed by atoms with Gasteiger partial charge in [0.1, 0.15) is 29.2 Å². The van der Waals surface area contributed by atoms with E-state index in [2.05, 4.69) is 16.5 Å². The van der Waals surface area contributed by atoms with Crippen LogP contribution in [-0.2, 0) is 13.0 Å². The van der Waals surface area contributed by atoms with E-state index in [4.69, 9.17) is 9.26 Å². The van der Waals surface area contributed by atoms with Gasteiger partial charge in [-0.15, -0.1) is 11.3 Å². The van der Waals surface area contributed by atoms with E-state index in [0.717, 1.165) is 28.3 Å². The summed E-state index contributed by atoms with van der Waals surface area (Å²) >= 11 is 1.42. The van der Waals surface area contributed by atoms with Crippen LogP contribution < -0.4 is 10.1 Å². The topological polar surface area (TPSA) is 88.2 Å². The van der Waals surface area contributed by atoms with Crippen molar-refractivity contribution >= 4 is 22.2 Å². The van der Waals surface area contributed by atoms with Gasteiger partial charge in [-0.3, -0.25) is 4.79 Å². The number of aryl methyl sites for hydroxylation is 3. The molecule has 3 rings (SSSR count). The van der Waals surface area contributed by atoms with Gasteiger partial charge >= 0.3 is 0 Å². The molecular weight excluding hydrogens is 362 g/mol. The Bertz CT molecular complexity index is 994. The summed E-state index contributed by atoms with van der Waals surface area (Å²) in [5, 5.41) is 16.5. The molecule has 6 nitrogen and oxygen atoms in total. The maximum atomic E-state index is 12.6. The van der Waals surface area contributed by atoms with Crippen molar-refractivity contribution in [2.75, 3.05) is 5.32 Å². The summed E-state index contributed by atoms with van der Waals surface area (Å²) in [6.07, 6.45) is 0.820. The average molecular weight is 381 g/mol. The number of hydrogen-bond acceptors (Lipinski definition) is 6. The smallest absolute Gasteiger partial charge is 0.256 e. The molecule has 0 aliphatic heterocycles. The van der Waals surface area contributed by atoms with E-state index in [0.29, 0.717) is 28.5 Å². The van der Waals surface area contributed by atoms with Gasteiger partial charge in [0.05, 0.1) is 16.8 Å². The Morgan fingerprint density at radius 3 is 2.85 bits per heavy atom. The van der Waals surface area contributed by atoms with Gasteiger partial charge in [0.25, 0.3) is 5.91 Å². The molecular formula is C20H19N3O3S. The zero-order valence-corrected chi connectivity index (χ0v) is 16.1. The van der Waals surface area contributed by atoms with E-state index in [1.54, 1.807) is 24.3 Å². The minimum absolute atomic E-state index is 0.279.